The van der Waals surface area contributed by atoms with Crippen molar-refractivity contribution in [3.8, 4) is 0 Å². The summed E-state index contributed by atoms with van der Waals surface area (Å²) in [5, 5.41) is 14.3. The Morgan fingerprint density at radius 2 is 2.11 bits per heavy atom. The van der Waals surface area contributed by atoms with Crippen molar-refractivity contribution in [1.82, 2.24) is 0 Å². The number of thiophene rings is 1. The highest BCUT2D eigenvalue weighted by Crippen LogP contribution is 2.26. The molecule has 2 rings (SSSR count). The predicted molar refractivity (Wildman–Crippen MR) is 77.0 cm³/mol. The Hall–Kier alpha value is -1.17. The van der Waals surface area contributed by atoms with Gasteiger partial charge >= 0.3 is 0 Å². The Labute approximate surface area is 118 Å². The maximum absolute atomic E-state index is 12.1. The van der Waals surface area contributed by atoms with Gasteiger partial charge in [-0.2, -0.15) is 0 Å². The van der Waals surface area contributed by atoms with Crippen LogP contribution in [0.5, 0.6) is 0 Å². The Bertz CT molecular complexity index is 566. The van der Waals surface area contributed by atoms with Gasteiger partial charge in [0.2, 0.25) is 0 Å². The average Bonchev–Trinajstić information content (AvgIpc) is 2.76. The maximum atomic E-state index is 12.1. The minimum Gasteiger partial charge on any atom is -0.389 e. The van der Waals surface area contributed by atoms with Gasteiger partial charge in [0.25, 0.3) is 5.91 Å². The maximum Gasteiger partial charge on any atom is 0.266 e. The summed E-state index contributed by atoms with van der Waals surface area (Å²) >= 11 is 4.70. The molecule has 1 aromatic heterocycles. The summed E-state index contributed by atoms with van der Waals surface area (Å²) in [5.74, 6) is -0.176. The zero-order chi connectivity index (χ0) is 13.1. The van der Waals surface area contributed by atoms with Gasteiger partial charge in [0, 0.05) is 15.7 Å². The van der Waals surface area contributed by atoms with Crippen molar-refractivity contribution in [3.63, 3.8) is 0 Å². The number of aliphatic hydroxyl groups excluding tert-OH is 1. The molecule has 1 unspecified atom stereocenters. The molecule has 0 aliphatic heterocycles. The molecule has 2 N–H and O–H groups in total. The van der Waals surface area contributed by atoms with Crippen LogP contribution in [0.4, 0.5) is 5.69 Å². The zero-order valence-corrected chi connectivity index (χ0v) is 12.1. The molecule has 5 heteroatoms. The van der Waals surface area contributed by atoms with Crippen molar-refractivity contribution in [2.45, 2.75) is 13.0 Å². The van der Waals surface area contributed by atoms with Gasteiger partial charge in [0.05, 0.1) is 6.10 Å². The van der Waals surface area contributed by atoms with E-state index < -0.39 is 6.10 Å². The normalized spacial score (nSPS) is 12.2. The monoisotopic (exact) mass is 325 g/mol. The fourth-order valence-corrected chi connectivity index (χ4v) is 3.06. The molecule has 0 aliphatic carbocycles. The van der Waals surface area contributed by atoms with E-state index in [9.17, 15) is 9.90 Å². The van der Waals surface area contributed by atoms with E-state index in [1.54, 1.807) is 19.1 Å². The topological polar surface area (TPSA) is 49.3 Å². The third-order valence-corrected chi connectivity index (χ3v) is 4.32. The lowest BCUT2D eigenvalue weighted by molar-refractivity contribution is 0.102. The molecule has 1 amide bonds. The number of hydrogen-bond donors (Lipinski definition) is 2. The van der Waals surface area contributed by atoms with Crippen LogP contribution in [0, 0.1) is 0 Å². The number of carbonyl (C=O) groups excluding carboxylic acids is 1. The van der Waals surface area contributed by atoms with Crippen molar-refractivity contribution in [1.29, 1.82) is 0 Å². The number of aliphatic hydroxyl groups is 1. The summed E-state index contributed by atoms with van der Waals surface area (Å²) < 4.78 is 0.777. The highest BCUT2D eigenvalue weighted by atomic mass is 79.9. The molecular weight excluding hydrogens is 314 g/mol. The van der Waals surface area contributed by atoms with Crippen LogP contribution in [0.2, 0.25) is 0 Å². The number of amides is 1. The van der Waals surface area contributed by atoms with Crippen LogP contribution >= 0.6 is 27.3 Å². The van der Waals surface area contributed by atoms with Crippen LogP contribution in [0.25, 0.3) is 0 Å². The van der Waals surface area contributed by atoms with Gasteiger partial charge < -0.3 is 10.4 Å². The molecule has 94 valence electrons. The summed E-state index contributed by atoms with van der Waals surface area (Å²) in [6.07, 6.45) is -0.617. The third kappa shape index (κ3) is 2.80. The third-order valence-electron chi connectivity index (χ3n) is 2.48. The Morgan fingerprint density at radius 3 is 2.72 bits per heavy atom. The second-order valence-corrected chi connectivity index (χ2v) is 5.59. The van der Waals surface area contributed by atoms with E-state index in [-0.39, 0.29) is 5.91 Å². The first kappa shape index (κ1) is 13.3. The van der Waals surface area contributed by atoms with Gasteiger partial charge in [-0.05, 0) is 40.4 Å². The van der Waals surface area contributed by atoms with Gasteiger partial charge in [-0.1, -0.05) is 18.2 Å². The van der Waals surface area contributed by atoms with Gasteiger partial charge in [-0.15, -0.1) is 11.3 Å². The van der Waals surface area contributed by atoms with Crippen molar-refractivity contribution < 1.29 is 9.90 Å². The summed E-state index contributed by atoms with van der Waals surface area (Å²) in [6.45, 7) is 1.67. The van der Waals surface area contributed by atoms with Gasteiger partial charge in [-0.3, -0.25) is 4.79 Å². The first-order chi connectivity index (χ1) is 8.59. The molecule has 3 nitrogen and oxygen atoms in total. The lowest BCUT2D eigenvalue weighted by Crippen LogP contribution is -2.13. The molecule has 0 spiro atoms. The lowest BCUT2D eigenvalue weighted by atomic mass is 10.1. The molecule has 1 atom stereocenters. The van der Waals surface area contributed by atoms with E-state index in [0.717, 1.165) is 4.47 Å². The number of rotatable bonds is 3. The Balaban J connectivity index is 2.25. The lowest BCUT2D eigenvalue weighted by Gasteiger charge is -2.12. The number of hydrogen-bond acceptors (Lipinski definition) is 3. The molecule has 0 bridgehead atoms. The van der Waals surface area contributed by atoms with E-state index >= 15 is 0 Å². The van der Waals surface area contributed by atoms with E-state index in [4.69, 9.17) is 0 Å². The second kappa shape index (κ2) is 5.65. The van der Waals surface area contributed by atoms with E-state index in [2.05, 4.69) is 21.2 Å². The molecule has 1 heterocycles. The summed E-state index contributed by atoms with van der Waals surface area (Å²) in [5.41, 5.74) is 1.34. The first-order valence-corrected chi connectivity index (χ1v) is 7.08. The number of para-hydroxylation sites is 1. The largest absolute Gasteiger partial charge is 0.389 e. The van der Waals surface area contributed by atoms with Crippen molar-refractivity contribution >= 4 is 38.9 Å². The number of nitrogens with one attached hydrogen (secondary N) is 1. The summed E-state index contributed by atoms with van der Waals surface area (Å²) in [6, 6.07) is 9.06. The van der Waals surface area contributed by atoms with Crippen LogP contribution in [0.1, 0.15) is 28.3 Å². The van der Waals surface area contributed by atoms with Crippen molar-refractivity contribution in [2.24, 2.45) is 0 Å². The quantitative estimate of drug-likeness (QED) is 0.901. The number of benzene rings is 1. The van der Waals surface area contributed by atoms with Crippen LogP contribution in [-0.4, -0.2) is 11.0 Å². The van der Waals surface area contributed by atoms with E-state index in [0.29, 0.717) is 16.1 Å². The Morgan fingerprint density at radius 1 is 1.39 bits per heavy atom. The molecular formula is C13H12BrNO2S. The zero-order valence-electron chi connectivity index (χ0n) is 9.68. The molecule has 0 fully saturated rings. The molecule has 18 heavy (non-hydrogen) atoms. The second-order valence-electron chi connectivity index (χ2n) is 3.82. The van der Waals surface area contributed by atoms with Crippen LogP contribution in [0.15, 0.2) is 40.2 Å². The van der Waals surface area contributed by atoms with Crippen molar-refractivity contribution in [2.75, 3.05) is 5.32 Å². The fraction of sp³-hybridized carbons (Fsp3) is 0.154. The van der Waals surface area contributed by atoms with E-state index in [1.165, 1.54) is 11.3 Å². The van der Waals surface area contributed by atoms with Gasteiger partial charge in [0.15, 0.2) is 0 Å². The molecule has 0 saturated carbocycles. The number of anilines is 1. The fourth-order valence-electron chi connectivity index (χ4n) is 1.61. The molecule has 0 saturated heterocycles. The molecule has 0 radical (unpaired) electrons. The number of halogens is 1. The molecule has 1 aromatic carbocycles. The van der Waals surface area contributed by atoms with Crippen molar-refractivity contribution in [3.05, 3.63) is 50.6 Å². The minimum atomic E-state index is -0.617. The summed E-state index contributed by atoms with van der Waals surface area (Å²) in [7, 11) is 0. The van der Waals surface area contributed by atoms with Gasteiger partial charge in [0.1, 0.15) is 4.88 Å². The number of carbonyl (C=O) groups is 1. The smallest absolute Gasteiger partial charge is 0.266 e. The van der Waals surface area contributed by atoms with Crippen LogP contribution in [0.3, 0.4) is 0 Å². The SMILES string of the molecule is CC(O)c1ccccc1NC(=O)c1sccc1Br. The highest BCUT2D eigenvalue weighted by Gasteiger charge is 2.14. The minimum absolute atomic E-state index is 0.176. The first-order valence-electron chi connectivity index (χ1n) is 5.41. The summed E-state index contributed by atoms with van der Waals surface area (Å²) in [4.78, 5) is 12.7. The highest BCUT2D eigenvalue weighted by molar-refractivity contribution is 9.10. The van der Waals surface area contributed by atoms with Gasteiger partial charge in [-0.25, -0.2) is 0 Å². The standard InChI is InChI=1S/C13H12BrNO2S/c1-8(16)9-4-2-3-5-11(9)15-13(17)12-10(14)6-7-18-12/h2-8,16H,1H3,(H,15,17). The van der Waals surface area contributed by atoms with Crippen LogP contribution < -0.4 is 5.32 Å². The van der Waals surface area contributed by atoms with E-state index in [1.807, 2.05) is 23.6 Å². The molecule has 0 aliphatic rings. The van der Waals surface area contributed by atoms with Crippen LogP contribution in [-0.2, 0) is 0 Å². The predicted octanol–water partition coefficient (Wildman–Crippen LogP) is 3.82. The molecule has 2 aromatic rings. The average molecular weight is 326 g/mol. The Kier molecular flexibility index (Phi) is 4.16.